The van der Waals surface area contributed by atoms with Crippen molar-refractivity contribution >= 4 is 58.0 Å². The average molecular weight is 618 g/mol. The van der Waals surface area contributed by atoms with Gasteiger partial charge in [0.1, 0.15) is 5.82 Å². The number of aromatic nitrogens is 4. The van der Waals surface area contributed by atoms with E-state index in [-0.39, 0.29) is 50.9 Å². The van der Waals surface area contributed by atoms with E-state index in [4.69, 9.17) is 49.3 Å². The quantitative estimate of drug-likeness (QED) is 0.278. The highest BCUT2D eigenvalue weighted by atomic mass is 35.5. The van der Waals surface area contributed by atoms with Gasteiger partial charge < -0.3 is 19.4 Å². The minimum absolute atomic E-state index is 0.0637. The minimum Gasteiger partial charge on any atom is -0.480 e. The summed E-state index contributed by atoms with van der Waals surface area (Å²) in [5, 5.41) is 2.93. The van der Waals surface area contributed by atoms with E-state index in [9.17, 15) is 9.59 Å². The molecule has 6 rings (SSSR count). The summed E-state index contributed by atoms with van der Waals surface area (Å²) in [7, 11) is 2.84. The first-order valence-electron chi connectivity index (χ1n) is 12.2. The molecular formula is C27H20Cl3FN6O4. The topological polar surface area (TPSA) is 111 Å². The maximum absolute atomic E-state index is 15.7. The lowest BCUT2D eigenvalue weighted by atomic mass is 9.87. The molecule has 0 bridgehead atoms. The van der Waals surface area contributed by atoms with Crippen LogP contribution >= 0.6 is 34.8 Å². The van der Waals surface area contributed by atoms with Gasteiger partial charge in [-0.3, -0.25) is 14.5 Å². The van der Waals surface area contributed by atoms with Crippen LogP contribution in [0.1, 0.15) is 41.6 Å². The van der Waals surface area contributed by atoms with E-state index >= 15 is 4.39 Å². The first-order chi connectivity index (χ1) is 19.5. The van der Waals surface area contributed by atoms with Crippen molar-refractivity contribution in [3.05, 3.63) is 74.4 Å². The second kappa shape index (κ2) is 9.57. The minimum atomic E-state index is -1.91. The van der Waals surface area contributed by atoms with Gasteiger partial charge in [-0.15, -0.1) is 0 Å². The Balaban J connectivity index is 1.73. The number of methoxy groups -OCH3 is 2. The summed E-state index contributed by atoms with van der Waals surface area (Å²) < 4.78 is 28.0. The molecule has 2 amide bonds. The lowest BCUT2D eigenvalue weighted by molar-refractivity contribution is -0.119. The van der Waals surface area contributed by atoms with Crippen molar-refractivity contribution < 1.29 is 23.5 Å². The molecule has 14 heteroatoms. The maximum atomic E-state index is 15.7. The van der Waals surface area contributed by atoms with Gasteiger partial charge in [-0.1, -0.05) is 40.9 Å². The number of anilines is 2. The van der Waals surface area contributed by atoms with Crippen LogP contribution in [0.2, 0.25) is 15.1 Å². The average Bonchev–Trinajstić information content (AvgIpc) is 3.54. The first kappa shape index (κ1) is 27.3. The zero-order chi connectivity index (χ0) is 29.4. The zero-order valence-electron chi connectivity index (χ0n) is 21.9. The molecule has 1 spiro atoms. The fourth-order valence-corrected chi connectivity index (χ4v) is 6.12. The van der Waals surface area contributed by atoms with Crippen LogP contribution in [-0.2, 0) is 10.3 Å². The van der Waals surface area contributed by atoms with Crippen molar-refractivity contribution in [2.45, 2.75) is 25.4 Å². The van der Waals surface area contributed by atoms with E-state index in [0.717, 1.165) is 4.90 Å². The number of ether oxygens (including phenoxy) is 2. The van der Waals surface area contributed by atoms with Gasteiger partial charge in [-0.2, -0.15) is 4.98 Å². The van der Waals surface area contributed by atoms with Crippen LogP contribution in [0.25, 0.3) is 11.4 Å². The fraction of sp³-hybridized carbons (Fsp3) is 0.222. The number of carbonyl (C=O) groups is 2. The van der Waals surface area contributed by atoms with Crippen LogP contribution < -0.4 is 19.7 Å². The molecule has 4 aromatic rings. The summed E-state index contributed by atoms with van der Waals surface area (Å²) in [6, 6.07) is 6.92. The number of benzene rings is 2. The third-order valence-corrected chi connectivity index (χ3v) is 7.75. The number of carbonyl (C=O) groups excluding carboxylic acids is 2. The monoisotopic (exact) mass is 616 g/mol. The molecule has 2 aromatic heterocycles. The SMILES string of the molecule is COc1ncc(-c2nc3c(n2C(C)C)C2(C(=O)Nc4cc(Cl)ccc42)N(c2cc(Cl)cc(Cl)c2F)C3=O)c(OC)n1. The summed E-state index contributed by atoms with van der Waals surface area (Å²) in [6.07, 6.45) is 1.45. The summed E-state index contributed by atoms with van der Waals surface area (Å²) in [4.78, 5) is 42.8. The normalized spacial score (nSPS) is 17.3. The second-order valence-corrected chi connectivity index (χ2v) is 10.9. The molecule has 0 saturated heterocycles. The Bertz CT molecular complexity index is 1800. The smallest absolute Gasteiger partial charge is 0.319 e. The van der Waals surface area contributed by atoms with E-state index < -0.39 is 23.2 Å². The number of rotatable bonds is 5. The lowest BCUT2D eigenvalue weighted by Crippen LogP contribution is -2.51. The Morgan fingerprint density at radius 3 is 2.46 bits per heavy atom. The molecule has 210 valence electrons. The standard InChI is InChI=1S/C27H20Cl3FN6O4/c1-11(2)36-21-20(34-22(36)14-10-32-26(41-4)35-23(14)40-3)24(38)37(18-9-13(29)7-16(30)19(18)31)27(21)15-6-5-12(28)8-17(15)33-25(27)39/h5-11H,1-4H3,(H,33,39). The van der Waals surface area contributed by atoms with Crippen molar-refractivity contribution in [2.75, 3.05) is 24.4 Å². The van der Waals surface area contributed by atoms with Crippen LogP contribution in [0.15, 0.2) is 36.5 Å². The molecule has 1 N–H and O–H groups in total. The molecule has 1 unspecified atom stereocenters. The molecule has 4 heterocycles. The highest BCUT2D eigenvalue weighted by molar-refractivity contribution is 6.36. The van der Waals surface area contributed by atoms with Gasteiger partial charge in [0.25, 0.3) is 11.8 Å². The predicted molar refractivity (Wildman–Crippen MR) is 151 cm³/mol. The number of hydrogen-bond acceptors (Lipinski definition) is 7. The van der Waals surface area contributed by atoms with Crippen molar-refractivity contribution in [3.8, 4) is 23.3 Å². The molecule has 0 radical (unpaired) electrons. The zero-order valence-corrected chi connectivity index (χ0v) is 24.2. The molecule has 1 atom stereocenters. The lowest BCUT2D eigenvalue weighted by Gasteiger charge is -2.36. The Kier molecular flexibility index (Phi) is 6.36. The highest BCUT2D eigenvalue weighted by Crippen LogP contribution is 2.55. The van der Waals surface area contributed by atoms with Gasteiger partial charge in [0.05, 0.1) is 36.2 Å². The van der Waals surface area contributed by atoms with E-state index in [0.29, 0.717) is 21.8 Å². The predicted octanol–water partition coefficient (Wildman–Crippen LogP) is 5.89. The van der Waals surface area contributed by atoms with Gasteiger partial charge in [0.2, 0.25) is 5.88 Å². The Labute approximate surface area is 248 Å². The molecule has 0 aliphatic carbocycles. The Morgan fingerprint density at radius 1 is 1.02 bits per heavy atom. The highest BCUT2D eigenvalue weighted by Gasteiger charge is 2.64. The molecular weight excluding hydrogens is 598 g/mol. The number of imidazole rings is 1. The van der Waals surface area contributed by atoms with E-state index in [1.54, 1.807) is 22.8 Å². The maximum Gasteiger partial charge on any atom is 0.319 e. The van der Waals surface area contributed by atoms with Crippen LogP contribution in [0.4, 0.5) is 15.8 Å². The van der Waals surface area contributed by atoms with E-state index in [1.165, 1.54) is 32.5 Å². The van der Waals surface area contributed by atoms with Crippen LogP contribution in [0, 0.1) is 5.82 Å². The van der Waals surface area contributed by atoms with E-state index in [1.807, 2.05) is 13.8 Å². The van der Waals surface area contributed by atoms with Gasteiger partial charge in [-0.25, -0.2) is 14.4 Å². The molecule has 10 nitrogen and oxygen atoms in total. The Hall–Kier alpha value is -3.93. The Morgan fingerprint density at radius 2 is 1.78 bits per heavy atom. The number of hydrogen-bond donors (Lipinski definition) is 1. The molecule has 2 aliphatic rings. The summed E-state index contributed by atoms with van der Waals surface area (Å²) in [6.45, 7) is 3.71. The number of nitrogens with zero attached hydrogens (tertiary/aromatic N) is 5. The summed E-state index contributed by atoms with van der Waals surface area (Å²) in [5.41, 5.74) is -1.01. The van der Waals surface area contributed by atoms with Crippen molar-refractivity contribution in [2.24, 2.45) is 0 Å². The summed E-state index contributed by atoms with van der Waals surface area (Å²) >= 11 is 18.7. The third kappa shape index (κ3) is 3.72. The molecule has 41 heavy (non-hydrogen) atoms. The third-order valence-electron chi connectivity index (χ3n) is 7.02. The molecule has 0 saturated carbocycles. The van der Waals surface area contributed by atoms with Crippen molar-refractivity contribution in [3.63, 3.8) is 0 Å². The van der Waals surface area contributed by atoms with Crippen molar-refractivity contribution in [1.82, 2.24) is 19.5 Å². The fourth-order valence-electron chi connectivity index (χ4n) is 5.47. The van der Waals surface area contributed by atoms with Crippen LogP contribution in [-0.4, -0.2) is 45.6 Å². The van der Waals surface area contributed by atoms with Gasteiger partial charge in [0.15, 0.2) is 17.1 Å². The second-order valence-electron chi connectivity index (χ2n) is 9.59. The first-order valence-corrected chi connectivity index (χ1v) is 13.4. The molecule has 2 aromatic carbocycles. The van der Waals surface area contributed by atoms with Crippen LogP contribution in [0.5, 0.6) is 11.9 Å². The molecule has 0 fully saturated rings. The largest absolute Gasteiger partial charge is 0.480 e. The number of nitrogens with one attached hydrogen (secondary N) is 1. The van der Waals surface area contributed by atoms with Crippen molar-refractivity contribution in [1.29, 1.82) is 0 Å². The van der Waals surface area contributed by atoms with Crippen LogP contribution in [0.3, 0.4) is 0 Å². The number of amides is 2. The van der Waals surface area contributed by atoms with Gasteiger partial charge >= 0.3 is 6.01 Å². The molecule has 2 aliphatic heterocycles. The van der Waals surface area contributed by atoms with E-state index in [2.05, 4.69) is 15.3 Å². The van der Waals surface area contributed by atoms with Gasteiger partial charge in [-0.05, 0) is 38.1 Å². The number of halogens is 4. The summed E-state index contributed by atoms with van der Waals surface area (Å²) in [5.74, 6) is -1.90. The number of fused-ring (bicyclic) bond motifs is 4. The van der Waals surface area contributed by atoms with Gasteiger partial charge in [0, 0.05) is 33.5 Å².